The van der Waals surface area contributed by atoms with Crippen LogP contribution in [0.15, 0.2) is 54.6 Å². The SMILES string of the molecule is COc1ccc([C@@H](C)NC(=O)[C@H](N)CCCNC(=O)OCc2ccccc2)cc1.Cl. The average molecular weight is 436 g/mol. The van der Waals surface area contributed by atoms with E-state index in [2.05, 4.69) is 10.6 Å². The van der Waals surface area contributed by atoms with E-state index in [9.17, 15) is 9.59 Å². The zero-order valence-electron chi connectivity index (χ0n) is 17.3. The molecule has 0 saturated carbocycles. The number of carbonyl (C=O) groups excluding carboxylic acids is 2. The Labute approximate surface area is 183 Å². The van der Waals surface area contributed by atoms with E-state index in [1.54, 1.807) is 7.11 Å². The summed E-state index contributed by atoms with van der Waals surface area (Å²) in [5, 5.41) is 5.57. The molecule has 0 heterocycles. The smallest absolute Gasteiger partial charge is 0.407 e. The summed E-state index contributed by atoms with van der Waals surface area (Å²) in [6.07, 6.45) is 0.548. The lowest BCUT2D eigenvalue weighted by molar-refractivity contribution is -0.123. The summed E-state index contributed by atoms with van der Waals surface area (Å²) in [7, 11) is 1.61. The van der Waals surface area contributed by atoms with Crippen LogP contribution in [0.25, 0.3) is 0 Å². The third kappa shape index (κ3) is 8.71. The molecule has 0 aliphatic heterocycles. The summed E-state index contributed by atoms with van der Waals surface area (Å²) in [5.74, 6) is 0.541. The van der Waals surface area contributed by atoms with E-state index in [0.29, 0.717) is 19.4 Å². The number of nitrogens with one attached hydrogen (secondary N) is 2. The molecule has 8 heteroatoms. The molecule has 7 nitrogen and oxygen atoms in total. The Kier molecular flexibility index (Phi) is 11.3. The van der Waals surface area contributed by atoms with Gasteiger partial charge in [0.05, 0.1) is 19.2 Å². The number of methoxy groups -OCH3 is 1. The van der Waals surface area contributed by atoms with Crippen molar-refractivity contribution >= 4 is 24.4 Å². The zero-order chi connectivity index (χ0) is 21.1. The molecule has 2 rings (SSSR count). The van der Waals surface area contributed by atoms with Crippen LogP contribution in [0.2, 0.25) is 0 Å². The van der Waals surface area contributed by atoms with Crippen LogP contribution in [0.4, 0.5) is 4.79 Å². The highest BCUT2D eigenvalue weighted by Crippen LogP contribution is 2.17. The molecule has 164 valence electrons. The van der Waals surface area contributed by atoms with Crippen LogP contribution >= 0.6 is 12.4 Å². The van der Waals surface area contributed by atoms with Gasteiger partial charge in [-0.1, -0.05) is 42.5 Å². The zero-order valence-corrected chi connectivity index (χ0v) is 18.1. The fourth-order valence-electron chi connectivity index (χ4n) is 2.71. The number of halogens is 1. The molecule has 0 spiro atoms. The topological polar surface area (TPSA) is 103 Å². The van der Waals surface area contributed by atoms with Crippen molar-refractivity contribution in [1.29, 1.82) is 0 Å². The number of hydrogen-bond donors (Lipinski definition) is 3. The molecule has 30 heavy (non-hydrogen) atoms. The first kappa shape index (κ1) is 25.3. The molecule has 0 saturated heterocycles. The van der Waals surface area contributed by atoms with Crippen molar-refractivity contribution in [1.82, 2.24) is 10.6 Å². The van der Waals surface area contributed by atoms with Crippen LogP contribution in [0, 0.1) is 0 Å². The van der Waals surface area contributed by atoms with Gasteiger partial charge in [0.1, 0.15) is 12.4 Å². The number of ether oxygens (including phenoxy) is 2. The third-order valence-corrected chi connectivity index (χ3v) is 4.49. The van der Waals surface area contributed by atoms with E-state index >= 15 is 0 Å². The monoisotopic (exact) mass is 435 g/mol. The van der Waals surface area contributed by atoms with Crippen LogP contribution in [-0.2, 0) is 16.1 Å². The van der Waals surface area contributed by atoms with Crippen LogP contribution in [-0.4, -0.2) is 31.7 Å². The first-order chi connectivity index (χ1) is 14.0. The maximum atomic E-state index is 12.3. The molecule has 0 bridgehead atoms. The van der Waals surface area contributed by atoms with E-state index in [1.165, 1.54) is 0 Å². The number of alkyl carbamates (subject to hydrolysis) is 1. The Morgan fingerprint density at radius 2 is 1.73 bits per heavy atom. The molecule has 0 aromatic heterocycles. The Morgan fingerprint density at radius 3 is 2.37 bits per heavy atom. The highest BCUT2D eigenvalue weighted by molar-refractivity contribution is 5.85. The number of amides is 2. The molecule has 0 aliphatic rings. The highest BCUT2D eigenvalue weighted by Gasteiger charge is 2.16. The molecule has 4 N–H and O–H groups in total. The molecule has 2 aromatic rings. The number of carbonyl (C=O) groups is 2. The highest BCUT2D eigenvalue weighted by atomic mass is 35.5. The Balaban J connectivity index is 0.00000450. The van der Waals surface area contributed by atoms with Gasteiger partial charge < -0.3 is 25.8 Å². The molecular formula is C22H30ClN3O4. The van der Waals surface area contributed by atoms with Crippen molar-refractivity contribution in [2.75, 3.05) is 13.7 Å². The van der Waals surface area contributed by atoms with Crippen molar-refractivity contribution in [3.63, 3.8) is 0 Å². The standard InChI is InChI=1S/C22H29N3O4.ClH/c1-16(18-10-12-19(28-2)13-11-18)25-21(26)20(23)9-6-14-24-22(27)29-15-17-7-4-3-5-8-17;/h3-5,7-8,10-13,16,20H,6,9,14-15,23H2,1-2H3,(H,24,27)(H,25,26);1H/t16-,20-;/m1./s1. The van der Waals surface area contributed by atoms with Crippen molar-refractivity contribution < 1.29 is 19.1 Å². The molecular weight excluding hydrogens is 406 g/mol. The minimum atomic E-state index is -0.641. The van der Waals surface area contributed by atoms with E-state index in [0.717, 1.165) is 16.9 Å². The second kappa shape index (κ2) is 13.5. The number of benzene rings is 2. The number of rotatable bonds is 10. The Morgan fingerprint density at radius 1 is 1.07 bits per heavy atom. The second-order valence-corrected chi connectivity index (χ2v) is 6.74. The van der Waals surface area contributed by atoms with Gasteiger partial charge in [-0.15, -0.1) is 12.4 Å². The van der Waals surface area contributed by atoms with Gasteiger partial charge in [-0.25, -0.2) is 4.79 Å². The minimum Gasteiger partial charge on any atom is -0.497 e. The summed E-state index contributed by atoms with van der Waals surface area (Å²) < 4.78 is 10.3. The predicted octanol–water partition coefficient (Wildman–Crippen LogP) is 3.33. The first-order valence-corrected chi connectivity index (χ1v) is 9.64. The molecule has 0 fully saturated rings. The van der Waals surface area contributed by atoms with Gasteiger partial charge >= 0.3 is 6.09 Å². The fraction of sp³-hybridized carbons (Fsp3) is 0.364. The van der Waals surface area contributed by atoms with Crippen molar-refractivity contribution in [3.05, 3.63) is 65.7 Å². The maximum absolute atomic E-state index is 12.3. The molecule has 2 atom stereocenters. The Bertz CT molecular complexity index is 772. The second-order valence-electron chi connectivity index (χ2n) is 6.74. The van der Waals surface area contributed by atoms with Gasteiger partial charge in [-0.2, -0.15) is 0 Å². The molecule has 0 aliphatic carbocycles. The maximum Gasteiger partial charge on any atom is 0.407 e. The van der Waals surface area contributed by atoms with E-state index in [4.69, 9.17) is 15.2 Å². The van der Waals surface area contributed by atoms with Gasteiger partial charge in [0, 0.05) is 6.54 Å². The van der Waals surface area contributed by atoms with E-state index in [-0.39, 0.29) is 31.0 Å². The average Bonchev–Trinajstić information content (AvgIpc) is 2.75. The summed E-state index contributed by atoms with van der Waals surface area (Å²) in [6.45, 7) is 2.51. The van der Waals surface area contributed by atoms with Crippen LogP contribution in [0.5, 0.6) is 5.75 Å². The summed E-state index contributed by atoms with van der Waals surface area (Å²) in [4.78, 5) is 24.0. The largest absolute Gasteiger partial charge is 0.497 e. The third-order valence-electron chi connectivity index (χ3n) is 4.49. The van der Waals surface area contributed by atoms with Gasteiger partial charge in [0.15, 0.2) is 0 Å². The van der Waals surface area contributed by atoms with Crippen LogP contribution in [0.1, 0.15) is 36.9 Å². The lowest BCUT2D eigenvalue weighted by Gasteiger charge is -2.18. The molecule has 0 radical (unpaired) electrons. The molecule has 2 aromatic carbocycles. The molecule has 2 amide bonds. The quantitative estimate of drug-likeness (QED) is 0.497. The predicted molar refractivity (Wildman–Crippen MR) is 119 cm³/mol. The van der Waals surface area contributed by atoms with Gasteiger partial charge in [-0.05, 0) is 43.0 Å². The normalized spacial score (nSPS) is 12.1. The summed E-state index contributed by atoms with van der Waals surface area (Å²) in [6, 6.07) is 16.2. The Hall–Kier alpha value is -2.77. The first-order valence-electron chi connectivity index (χ1n) is 9.64. The van der Waals surface area contributed by atoms with Gasteiger partial charge in [0.2, 0.25) is 5.91 Å². The van der Waals surface area contributed by atoms with Crippen LogP contribution in [0.3, 0.4) is 0 Å². The fourth-order valence-corrected chi connectivity index (χ4v) is 2.71. The minimum absolute atomic E-state index is 0. The van der Waals surface area contributed by atoms with E-state index < -0.39 is 12.1 Å². The van der Waals surface area contributed by atoms with E-state index in [1.807, 2.05) is 61.5 Å². The summed E-state index contributed by atoms with van der Waals surface area (Å²) in [5.41, 5.74) is 7.86. The van der Waals surface area contributed by atoms with Crippen LogP contribution < -0.4 is 21.1 Å². The number of hydrogen-bond acceptors (Lipinski definition) is 5. The van der Waals surface area contributed by atoms with Crippen molar-refractivity contribution in [3.8, 4) is 5.75 Å². The van der Waals surface area contributed by atoms with Gasteiger partial charge in [0.25, 0.3) is 0 Å². The van der Waals surface area contributed by atoms with Gasteiger partial charge in [-0.3, -0.25) is 4.79 Å². The number of nitrogens with two attached hydrogens (primary N) is 1. The molecule has 0 unspecified atom stereocenters. The summed E-state index contributed by atoms with van der Waals surface area (Å²) >= 11 is 0. The van der Waals surface area contributed by atoms with Crippen molar-refractivity contribution in [2.45, 2.75) is 38.5 Å². The van der Waals surface area contributed by atoms with Crippen molar-refractivity contribution in [2.24, 2.45) is 5.73 Å². The lowest BCUT2D eigenvalue weighted by Crippen LogP contribution is -2.42. The lowest BCUT2D eigenvalue weighted by atomic mass is 10.1.